The lowest BCUT2D eigenvalue weighted by molar-refractivity contribution is -0.124. The molecule has 0 radical (unpaired) electrons. The van der Waals surface area contributed by atoms with Gasteiger partial charge >= 0.3 is 0 Å². The van der Waals surface area contributed by atoms with Gasteiger partial charge in [0.05, 0.1) is 6.04 Å². The highest BCUT2D eigenvalue weighted by Gasteiger charge is 2.22. The second kappa shape index (κ2) is 10.2. The van der Waals surface area contributed by atoms with Crippen LogP contribution in [0.15, 0.2) is 0 Å². The van der Waals surface area contributed by atoms with Crippen LogP contribution in [0.2, 0.25) is 0 Å². The highest BCUT2D eigenvalue weighted by Crippen LogP contribution is 2.07. The summed E-state index contributed by atoms with van der Waals surface area (Å²) in [7, 11) is 0. The van der Waals surface area contributed by atoms with Crippen molar-refractivity contribution in [1.82, 2.24) is 15.5 Å². The van der Waals surface area contributed by atoms with Crippen molar-refractivity contribution in [3.05, 3.63) is 0 Å². The summed E-state index contributed by atoms with van der Waals surface area (Å²) in [4.78, 5) is 14.6. The van der Waals surface area contributed by atoms with Crippen LogP contribution in [-0.4, -0.2) is 48.1 Å². The van der Waals surface area contributed by atoms with Gasteiger partial charge in [0, 0.05) is 11.6 Å². The Hall–Kier alpha value is -0.610. The number of carbonyl (C=O) groups excluding carboxylic acids is 1. The maximum atomic E-state index is 12.1. The van der Waals surface area contributed by atoms with Gasteiger partial charge in [0.2, 0.25) is 5.91 Å². The van der Waals surface area contributed by atoms with Crippen LogP contribution in [0.5, 0.6) is 0 Å². The Morgan fingerprint density at radius 2 is 1.71 bits per heavy atom. The summed E-state index contributed by atoms with van der Waals surface area (Å²) < 4.78 is 0. The van der Waals surface area contributed by atoms with Crippen molar-refractivity contribution >= 4 is 5.91 Å². The van der Waals surface area contributed by atoms with Crippen molar-refractivity contribution in [1.29, 1.82) is 0 Å². The molecule has 0 bridgehead atoms. The molecule has 0 heterocycles. The lowest BCUT2D eigenvalue weighted by Gasteiger charge is -2.28. The smallest absolute Gasteiger partial charge is 0.237 e. The molecule has 0 aliphatic heterocycles. The van der Waals surface area contributed by atoms with E-state index >= 15 is 0 Å². The Bertz CT molecular complexity index is 288. The predicted molar refractivity (Wildman–Crippen MR) is 91.6 cm³/mol. The third-order valence-electron chi connectivity index (χ3n) is 4.28. The molecule has 2 atom stereocenters. The van der Waals surface area contributed by atoms with Crippen LogP contribution >= 0.6 is 0 Å². The Balaban J connectivity index is 4.03. The van der Waals surface area contributed by atoms with Crippen LogP contribution in [0.1, 0.15) is 67.7 Å². The van der Waals surface area contributed by atoms with E-state index in [9.17, 15) is 4.79 Å². The minimum Gasteiger partial charge on any atom is -0.350 e. The maximum absolute atomic E-state index is 12.1. The summed E-state index contributed by atoms with van der Waals surface area (Å²) in [6.45, 7) is 18.1. The zero-order valence-corrected chi connectivity index (χ0v) is 15.3. The van der Waals surface area contributed by atoms with E-state index in [0.717, 1.165) is 32.5 Å². The van der Waals surface area contributed by atoms with E-state index in [1.807, 2.05) is 6.92 Å². The van der Waals surface area contributed by atoms with Crippen LogP contribution in [0, 0.1) is 0 Å². The molecule has 4 heteroatoms. The maximum Gasteiger partial charge on any atom is 0.237 e. The molecule has 21 heavy (non-hydrogen) atoms. The monoisotopic (exact) mass is 299 g/mol. The molecule has 2 N–H and O–H groups in total. The highest BCUT2D eigenvalue weighted by atomic mass is 16.2. The van der Waals surface area contributed by atoms with Crippen molar-refractivity contribution in [3.63, 3.8) is 0 Å². The van der Waals surface area contributed by atoms with E-state index in [1.54, 1.807) is 0 Å². The van der Waals surface area contributed by atoms with Gasteiger partial charge in [-0.15, -0.1) is 0 Å². The number of rotatable bonds is 11. The largest absolute Gasteiger partial charge is 0.350 e. The Morgan fingerprint density at radius 1 is 1.14 bits per heavy atom. The molecule has 126 valence electrons. The standard InChI is InChI=1S/C17H37N3O/c1-8-17(6,7)19-16(21)15(5)18-14(4)12-11-13-20(9-2)10-3/h14-15,18H,8-13H2,1-7H3,(H,19,21). The molecule has 1 amide bonds. The van der Waals surface area contributed by atoms with Crippen molar-refractivity contribution in [2.75, 3.05) is 19.6 Å². The highest BCUT2D eigenvalue weighted by molar-refractivity contribution is 5.82. The number of amides is 1. The summed E-state index contributed by atoms with van der Waals surface area (Å²) in [5.74, 6) is 0.0949. The number of hydrogen-bond acceptors (Lipinski definition) is 3. The van der Waals surface area contributed by atoms with Gasteiger partial charge in [-0.3, -0.25) is 4.79 Å². The Morgan fingerprint density at radius 3 is 2.19 bits per heavy atom. The van der Waals surface area contributed by atoms with E-state index in [-0.39, 0.29) is 17.5 Å². The van der Waals surface area contributed by atoms with Crippen molar-refractivity contribution < 1.29 is 4.79 Å². The predicted octanol–water partition coefficient (Wildman–Crippen LogP) is 2.78. The SMILES string of the molecule is CCN(CC)CCCC(C)NC(C)C(=O)NC(C)(C)CC. The van der Waals surface area contributed by atoms with Gasteiger partial charge in [-0.1, -0.05) is 20.8 Å². The first-order chi connectivity index (χ1) is 9.75. The van der Waals surface area contributed by atoms with Gasteiger partial charge in [-0.25, -0.2) is 0 Å². The fourth-order valence-electron chi connectivity index (χ4n) is 2.28. The molecule has 0 aliphatic carbocycles. The third kappa shape index (κ3) is 9.10. The van der Waals surface area contributed by atoms with Gasteiger partial charge in [0.25, 0.3) is 0 Å². The number of carbonyl (C=O) groups is 1. The van der Waals surface area contributed by atoms with Gasteiger partial charge in [0.1, 0.15) is 0 Å². The first-order valence-electron chi connectivity index (χ1n) is 8.56. The first kappa shape index (κ1) is 20.4. The number of nitrogens with zero attached hydrogens (tertiary/aromatic N) is 1. The minimum atomic E-state index is -0.140. The van der Waals surface area contributed by atoms with Crippen LogP contribution < -0.4 is 10.6 Å². The Labute approximate surface area is 132 Å². The first-order valence-corrected chi connectivity index (χ1v) is 8.56. The summed E-state index contributed by atoms with van der Waals surface area (Å²) in [5, 5.41) is 6.50. The molecule has 0 spiro atoms. The summed E-state index contributed by atoms with van der Waals surface area (Å²) in [5.41, 5.74) is -0.126. The molecule has 0 fully saturated rings. The van der Waals surface area contributed by atoms with Crippen molar-refractivity contribution in [2.45, 2.75) is 85.4 Å². The molecule has 2 unspecified atom stereocenters. The topological polar surface area (TPSA) is 44.4 Å². The number of nitrogens with one attached hydrogen (secondary N) is 2. The molecule has 0 saturated heterocycles. The molecule has 0 aromatic heterocycles. The molecule has 0 saturated carbocycles. The molecular weight excluding hydrogens is 262 g/mol. The molecule has 0 rings (SSSR count). The summed E-state index contributed by atoms with van der Waals surface area (Å²) >= 11 is 0. The van der Waals surface area contributed by atoms with E-state index in [4.69, 9.17) is 0 Å². The van der Waals surface area contributed by atoms with Crippen LogP contribution in [0.25, 0.3) is 0 Å². The van der Waals surface area contributed by atoms with Gasteiger partial charge in [-0.05, 0) is 66.6 Å². The quantitative estimate of drug-likeness (QED) is 0.616. The van der Waals surface area contributed by atoms with E-state index < -0.39 is 0 Å². The van der Waals surface area contributed by atoms with Crippen LogP contribution in [0.3, 0.4) is 0 Å². The van der Waals surface area contributed by atoms with E-state index in [0.29, 0.717) is 6.04 Å². The van der Waals surface area contributed by atoms with E-state index in [1.165, 1.54) is 6.42 Å². The summed E-state index contributed by atoms with van der Waals surface area (Å²) in [6, 6.07) is 0.227. The van der Waals surface area contributed by atoms with Crippen LogP contribution in [-0.2, 0) is 4.79 Å². The average molecular weight is 300 g/mol. The normalized spacial score (nSPS) is 15.0. The van der Waals surface area contributed by atoms with Gasteiger partial charge < -0.3 is 15.5 Å². The van der Waals surface area contributed by atoms with Gasteiger partial charge in [-0.2, -0.15) is 0 Å². The van der Waals surface area contributed by atoms with Crippen LogP contribution in [0.4, 0.5) is 0 Å². The third-order valence-corrected chi connectivity index (χ3v) is 4.28. The molecular formula is C17H37N3O. The van der Waals surface area contributed by atoms with E-state index in [2.05, 4.69) is 57.1 Å². The Kier molecular flexibility index (Phi) is 9.88. The molecule has 0 aromatic rings. The second-order valence-electron chi connectivity index (χ2n) is 6.69. The number of hydrogen-bond donors (Lipinski definition) is 2. The average Bonchev–Trinajstić information content (AvgIpc) is 2.43. The minimum absolute atomic E-state index is 0.0949. The zero-order chi connectivity index (χ0) is 16.5. The lowest BCUT2D eigenvalue weighted by Crippen LogP contribution is -2.52. The van der Waals surface area contributed by atoms with Crippen molar-refractivity contribution in [2.24, 2.45) is 0 Å². The van der Waals surface area contributed by atoms with Gasteiger partial charge in [0.15, 0.2) is 0 Å². The van der Waals surface area contributed by atoms with Crippen molar-refractivity contribution in [3.8, 4) is 0 Å². The molecule has 4 nitrogen and oxygen atoms in total. The fourth-order valence-corrected chi connectivity index (χ4v) is 2.28. The fraction of sp³-hybridized carbons (Fsp3) is 0.941. The second-order valence-corrected chi connectivity index (χ2v) is 6.69. The summed E-state index contributed by atoms with van der Waals surface area (Å²) in [6.07, 6.45) is 3.21. The lowest BCUT2D eigenvalue weighted by atomic mass is 10.0. The molecule has 0 aromatic carbocycles. The zero-order valence-electron chi connectivity index (χ0n) is 15.3. The molecule has 0 aliphatic rings.